The molecule has 1 saturated heterocycles. The van der Waals surface area contributed by atoms with Gasteiger partial charge in [-0.3, -0.25) is 14.7 Å². The molecule has 1 aromatic rings. The molecule has 1 heterocycles. The molecule has 0 bridgehead atoms. The number of rotatable bonds is 4. The van der Waals surface area contributed by atoms with Crippen LogP contribution in [0.3, 0.4) is 0 Å². The van der Waals surface area contributed by atoms with E-state index in [2.05, 4.69) is 54.5 Å². The average Bonchev–Trinajstić information content (AvgIpc) is 2.60. The van der Waals surface area contributed by atoms with Crippen molar-refractivity contribution in [1.29, 1.82) is 0 Å². The summed E-state index contributed by atoms with van der Waals surface area (Å²) in [7, 11) is 0. The Morgan fingerprint density at radius 2 is 1.30 bits per heavy atom. The quantitative estimate of drug-likeness (QED) is 0.865. The van der Waals surface area contributed by atoms with Gasteiger partial charge in [0.15, 0.2) is 0 Å². The number of nitrogens with two attached hydrogens (primary N) is 1. The molecule has 23 heavy (non-hydrogen) atoms. The van der Waals surface area contributed by atoms with E-state index in [1.54, 1.807) is 0 Å². The van der Waals surface area contributed by atoms with E-state index < -0.39 is 0 Å². The Labute approximate surface area is 142 Å². The molecule has 1 fully saturated rings. The zero-order chi connectivity index (χ0) is 16.8. The first kappa shape index (κ1) is 18.2. The molecule has 0 aromatic heterocycles. The van der Waals surface area contributed by atoms with Gasteiger partial charge >= 0.3 is 0 Å². The van der Waals surface area contributed by atoms with Gasteiger partial charge in [0.2, 0.25) is 0 Å². The highest BCUT2D eigenvalue weighted by Gasteiger charge is 2.19. The van der Waals surface area contributed by atoms with Gasteiger partial charge in [0.05, 0.1) is 0 Å². The van der Waals surface area contributed by atoms with Crippen LogP contribution in [0, 0.1) is 0 Å². The molecule has 0 unspecified atom stereocenters. The maximum Gasteiger partial charge on any atom is 0.0359 e. The summed E-state index contributed by atoms with van der Waals surface area (Å²) in [5.74, 6) is 0. The molecule has 2 rings (SSSR count). The van der Waals surface area contributed by atoms with Crippen molar-refractivity contribution in [2.45, 2.75) is 46.3 Å². The van der Waals surface area contributed by atoms with Gasteiger partial charge in [-0.2, -0.15) is 0 Å². The number of para-hydroxylation sites is 1. The van der Waals surface area contributed by atoms with E-state index >= 15 is 0 Å². The summed E-state index contributed by atoms with van der Waals surface area (Å²) in [4.78, 5) is 7.76. The zero-order valence-electron chi connectivity index (χ0n) is 15.3. The largest absolute Gasteiger partial charge is 0.398 e. The maximum absolute atomic E-state index is 6.14. The summed E-state index contributed by atoms with van der Waals surface area (Å²) >= 11 is 0. The van der Waals surface area contributed by atoms with Crippen LogP contribution in [-0.4, -0.2) is 66.1 Å². The standard InChI is InChI=1S/C19H34N4/c1-16(2)22-11-9-21(10-12-23(14-13-22)17(3)4)15-18-7-5-6-8-19(18)20/h5-8,16-17H,9-15,20H2,1-4H3. The van der Waals surface area contributed by atoms with Crippen molar-refractivity contribution in [3.05, 3.63) is 29.8 Å². The molecule has 1 aliphatic heterocycles. The number of hydrogen-bond donors (Lipinski definition) is 1. The SMILES string of the molecule is CC(C)N1CCN(Cc2ccccc2N)CCN(C(C)C)CC1. The normalized spacial score (nSPS) is 19.7. The average molecular weight is 319 g/mol. The Balaban J connectivity index is 2.07. The van der Waals surface area contributed by atoms with Gasteiger partial charge in [-0.15, -0.1) is 0 Å². The maximum atomic E-state index is 6.14. The third-order valence-corrected chi connectivity index (χ3v) is 4.99. The van der Waals surface area contributed by atoms with Crippen LogP contribution in [0.2, 0.25) is 0 Å². The minimum Gasteiger partial charge on any atom is -0.398 e. The van der Waals surface area contributed by atoms with Gasteiger partial charge in [-0.1, -0.05) is 18.2 Å². The van der Waals surface area contributed by atoms with Gasteiger partial charge in [0.1, 0.15) is 0 Å². The van der Waals surface area contributed by atoms with E-state index in [1.807, 2.05) is 12.1 Å². The molecule has 4 heteroatoms. The second-order valence-electron chi connectivity index (χ2n) is 7.23. The first-order valence-corrected chi connectivity index (χ1v) is 9.01. The minimum absolute atomic E-state index is 0.603. The minimum atomic E-state index is 0.603. The molecular weight excluding hydrogens is 284 g/mol. The smallest absolute Gasteiger partial charge is 0.0359 e. The highest BCUT2D eigenvalue weighted by molar-refractivity contribution is 5.46. The van der Waals surface area contributed by atoms with Crippen molar-refractivity contribution < 1.29 is 0 Å². The monoisotopic (exact) mass is 318 g/mol. The molecule has 0 radical (unpaired) electrons. The van der Waals surface area contributed by atoms with Gasteiger partial charge in [-0.25, -0.2) is 0 Å². The Bertz CT molecular complexity index is 452. The lowest BCUT2D eigenvalue weighted by molar-refractivity contribution is 0.169. The van der Waals surface area contributed by atoms with Crippen molar-refractivity contribution in [1.82, 2.24) is 14.7 Å². The van der Waals surface area contributed by atoms with E-state index in [1.165, 1.54) is 5.56 Å². The molecule has 0 aliphatic carbocycles. The highest BCUT2D eigenvalue weighted by atomic mass is 15.3. The molecule has 1 aromatic carbocycles. The van der Waals surface area contributed by atoms with Crippen LogP contribution in [-0.2, 0) is 6.54 Å². The molecule has 130 valence electrons. The van der Waals surface area contributed by atoms with Crippen molar-refractivity contribution in [3.63, 3.8) is 0 Å². The Morgan fingerprint density at radius 1 is 0.826 bits per heavy atom. The first-order valence-electron chi connectivity index (χ1n) is 9.01. The van der Waals surface area contributed by atoms with Crippen molar-refractivity contribution >= 4 is 5.69 Å². The van der Waals surface area contributed by atoms with Gasteiger partial charge in [0, 0.05) is 63.6 Å². The summed E-state index contributed by atoms with van der Waals surface area (Å²) in [6.07, 6.45) is 0. The number of benzene rings is 1. The van der Waals surface area contributed by atoms with Crippen LogP contribution >= 0.6 is 0 Å². The van der Waals surface area contributed by atoms with Gasteiger partial charge in [-0.05, 0) is 39.3 Å². The fourth-order valence-electron chi connectivity index (χ4n) is 3.24. The van der Waals surface area contributed by atoms with Crippen LogP contribution in [0.1, 0.15) is 33.3 Å². The molecule has 0 spiro atoms. The lowest BCUT2D eigenvalue weighted by Crippen LogP contribution is -2.41. The van der Waals surface area contributed by atoms with Crippen LogP contribution in [0.4, 0.5) is 5.69 Å². The third kappa shape index (κ3) is 5.48. The molecule has 0 atom stereocenters. The fourth-order valence-corrected chi connectivity index (χ4v) is 3.24. The summed E-state index contributed by atoms with van der Waals surface area (Å²) < 4.78 is 0. The van der Waals surface area contributed by atoms with Crippen molar-refractivity contribution in [3.8, 4) is 0 Å². The summed E-state index contributed by atoms with van der Waals surface area (Å²) in [6, 6.07) is 9.47. The molecule has 4 nitrogen and oxygen atoms in total. The van der Waals surface area contributed by atoms with E-state index in [0.717, 1.165) is 51.5 Å². The van der Waals surface area contributed by atoms with Crippen LogP contribution in [0.15, 0.2) is 24.3 Å². The fraction of sp³-hybridized carbons (Fsp3) is 0.684. The summed E-state index contributed by atoms with van der Waals surface area (Å²) in [5, 5.41) is 0. The van der Waals surface area contributed by atoms with E-state index in [4.69, 9.17) is 5.73 Å². The lowest BCUT2D eigenvalue weighted by Gasteiger charge is -2.30. The molecule has 1 aliphatic rings. The van der Waals surface area contributed by atoms with E-state index in [0.29, 0.717) is 12.1 Å². The number of nitrogens with zero attached hydrogens (tertiary/aromatic N) is 3. The lowest BCUT2D eigenvalue weighted by atomic mass is 10.1. The molecule has 2 N–H and O–H groups in total. The molecular formula is C19H34N4. The Hall–Kier alpha value is -1.10. The highest BCUT2D eigenvalue weighted by Crippen LogP contribution is 2.15. The van der Waals surface area contributed by atoms with E-state index in [-0.39, 0.29) is 0 Å². The molecule has 0 amide bonds. The summed E-state index contributed by atoms with van der Waals surface area (Å²) in [6.45, 7) is 17.0. The first-order chi connectivity index (χ1) is 11.0. The second-order valence-corrected chi connectivity index (χ2v) is 7.23. The Morgan fingerprint density at radius 3 is 1.78 bits per heavy atom. The summed E-state index contributed by atoms with van der Waals surface area (Å²) in [5.41, 5.74) is 8.30. The second kappa shape index (κ2) is 8.67. The van der Waals surface area contributed by atoms with Crippen molar-refractivity contribution in [2.24, 2.45) is 0 Å². The number of nitrogen functional groups attached to an aromatic ring is 1. The predicted octanol–water partition coefficient (Wildman–Crippen LogP) is 2.51. The van der Waals surface area contributed by atoms with Gasteiger partial charge < -0.3 is 5.73 Å². The van der Waals surface area contributed by atoms with Crippen LogP contribution < -0.4 is 5.73 Å². The van der Waals surface area contributed by atoms with Crippen LogP contribution in [0.25, 0.3) is 0 Å². The van der Waals surface area contributed by atoms with Gasteiger partial charge in [0.25, 0.3) is 0 Å². The van der Waals surface area contributed by atoms with Crippen molar-refractivity contribution in [2.75, 3.05) is 45.0 Å². The topological polar surface area (TPSA) is 35.7 Å². The predicted molar refractivity (Wildman–Crippen MR) is 99.5 cm³/mol. The molecule has 0 saturated carbocycles. The van der Waals surface area contributed by atoms with E-state index in [9.17, 15) is 0 Å². The Kier molecular flexibility index (Phi) is 6.88. The zero-order valence-corrected chi connectivity index (χ0v) is 15.3. The third-order valence-electron chi connectivity index (χ3n) is 4.99. The van der Waals surface area contributed by atoms with Crippen LogP contribution in [0.5, 0.6) is 0 Å². The number of anilines is 1. The number of hydrogen-bond acceptors (Lipinski definition) is 4.